The van der Waals surface area contributed by atoms with Crippen LogP contribution in [0.15, 0.2) is 29.2 Å². The maximum Gasteiger partial charge on any atom is 0.271 e. The monoisotopic (exact) mass is 333 g/mol. The Morgan fingerprint density at radius 1 is 1.41 bits per heavy atom. The van der Waals surface area contributed by atoms with Crippen molar-refractivity contribution in [3.05, 3.63) is 40.7 Å². The molecule has 6 nitrogen and oxygen atoms in total. The number of carbonyl (C=O) groups is 1. The fourth-order valence-corrected chi connectivity index (χ4v) is 3.60. The van der Waals surface area contributed by atoms with Crippen molar-refractivity contribution < 1.29 is 4.79 Å². The molecule has 0 aliphatic heterocycles. The van der Waals surface area contributed by atoms with Gasteiger partial charge in [-0.2, -0.15) is 0 Å². The Morgan fingerprint density at radius 3 is 3.09 bits per heavy atom. The average molecular weight is 333 g/mol. The second-order valence-corrected chi connectivity index (χ2v) is 6.44. The van der Waals surface area contributed by atoms with Crippen LogP contribution < -0.4 is 5.32 Å². The van der Waals surface area contributed by atoms with Gasteiger partial charge in [-0.3, -0.25) is 4.79 Å². The second-order valence-electron chi connectivity index (χ2n) is 4.64. The van der Waals surface area contributed by atoms with Gasteiger partial charge < -0.3 is 9.88 Å². The van der Waals surface area contributed by atoms with E-state index in [1.54, 1.807) is 23.0 Å². The van der Waals surface area contributed by atoms with Gasteiger partial charge in [0.1, 0.15) is 17.0 Å². The first kappa shape index (κ1) is 14.9. The van der Waals surface area contributed by atoms with E-state index in [9.17, 15) is 4.79 Å². The highest BCUT2D eigenvalue weighted by Crippen LogP contribution is 2.27. The number of aromatic nitrogens is 4. The number of nitrogens with one attached hydrogen (secondary N) is 1. The highest BCUT2D eigenvalue weighted by Gasteiger charge is 2.13. The number of hydrogen-bond donors (Lipinski definition) is 1. The summed E-state index contributed by atoms with van der Waals surface area (Å²) in [6.07, 6.45) is 2.68. The summed E-state index contributed by atoms with van der Waals surface area (Å²) in [6, 6.07) is 3.97. The molecule has 1 amide bonds. The first-order valence-electron chi connectivity index (χ1n) is 6.92. The number of thiophene rings is 1. The summed E-state index contributed by atoms with van der Waals surface area (Å²) in [4.78, 5) is 17.6. The third kappa shape index (κ3) is 3.23. The van der Waals surface area contributed by atoms with E-state index in [1.165, 1.54) is 11.3 Å². The second kappa shape index (κ2) is 6.80. The number of hydrogen-bond acceptors (Lipinski definition) is 6. The molecule has 22 heavy (non-hydrogen) atoms. The summed E-state index contributed by atoms with van der Waals surface area (Å²) in [5.41, 5.74) is 0.440. The summed E-state index contributed by atoms with van der Waals surface area (Å²) in [6.45, 7) is 3.28. The molecule has 0 bridgehead atoms. The van der Waals surface area contributed by atoms with Crippen molar-refractivity contribution >= 4 is 28.6 Å². The first-order chi connectivity index (χ1) is 10.8. The van der Waals surface area contributed by atoms with Crippen LogP contribution in [0, 0.1) is 0 Å². The van der Waals surface area contributed by atoms with Gasteiger partial charge >= 0.3 is 0 Å². The topological polar surface area (TPSA) is 72.7 Å². The Hall–Kier alpha value is -2.06. The van der Waals surface area contributed by atoms with Crippen molar-refractivity contribution in [1.29, 1.82) is 0 Å². The lowest BCUT2D eigenvalue weighted by molar-refractivity contribution is 0.0945. The third-order valence-electron chi connectivity index (χ3n) is 3.04. The van der Waals surface area contributed by atoms with Crippen molar-refractivity contribution in [1.82, 2.24) is 25.1 Å². The SMILES string of the molecule is CCCn1cnnc1CNC(=O)c1csc(-c2cccs2)n1. The van der Waals surface area contributed by atoms with Crippen LogP contribution in [0.3, 0.4) is 0 Å². The fourth-order valence-electron chi connectivity index (χ4n) is 1.98. The van der Waals surface area contributed by atoms with E-state index in [1.807, 2.05) is 22.1 Å². The molecule has 0 saturated carbocycles. The Balaban J connectivity index is 1.64. The van der Waals surface area contributed by atoms with E-state index in [-0.39, 0.29) is 5.91 Å². The van der Waals surface area contributed by atoms with Crippen LogP contribution >= 0.6 is 22.7 Å². The van der Waals surface area contributed by atoms with Gasteiger partial charge in [0.2, 0.25) is 0 Å². The molecule has 0 aliphatic rings. The summed E-state index contributed by atoms with van der Waals surface area (Å²) >= 11 is 3.09. The predicted octanol–water partition coefficient (Wildman–Crippen LogP) is 2.80. The van der Waals surface area contributed by atoms with Crippen molar-refractivity contribution in [2.24, 2.45) is 0 Å². The zero-order valence-electron chi connectivity index (χ0n) is 12.0. The zero-order valence-corrected chi connectivity index (χ0v) is 13.7. The van der Waals surface area contributed by atoms with Crippen LogP contribution in [-0.4, -0.2) is 25.7 Å². The van der Waals surface area contributed by atoms with Crippen molar-refractivity contribution in [2.75, 3.05) is 0 Å². The minimum absolute atomic E-state index is 0.190. The molecule has 0 atom stereocenters. The van der Waals surface area contributed by atoms with E-state index >= 15 is 0 Å². The molecule has 8 heteroatoms. The summed E-state index contributed by atoms with van der Waals surface area (Å²) in [7, 11) is 0. The minimum Gasteiger partial charge on any atom is -0.343 e. The van der Waals surface area contributed by atoms with Gasteiger partial charge in [-0.1, -0.05) is 13.0 Å². The van der Waals surface area contributed by atoms with Gasteiger partial charge in [0.15, 0.2) is 5.82 Å². The third-order valence-corrected chi connectivity index (χ3v) is 4.92. The molecule has 3 heterocycles. The minimum atomic E-state index is -0.190. The molecule has 0 aromatic carbocycles. The van der Waals surface area contributed by atoms with Gasteiger partial charge in [-0.25, -0.2) is 4.98 Å². The number of carbonyl (C=O) groups excluding carboxylic acids is 1. The van der Waals surface area contributed by atoms with Gasteiger partial charge in [0, 0.05) is 11.9 Å². The standard InChI is InChI=1S/C14H15N5OS2/c1-2-5-19-9-16-18-12(19)7-15-13(20)10-8-22-14(17-10)11-4-3-6-21-11/h3-4,6,8-9H,2,5,7H2,1H3,(H,15,20). The number of thiazole rings is 1. The normalized spacial score (nSPS) is 10.8. The highest BCUT2D eigenvalue weighted by atomic mass is 32.1. The van der Waals surface area contributed by atoms with Crippen LogP contribution in [0.25, 0.3) is 9.88 Å². The van der Waals surface area contributed by atoms with Gasteiger partial charge in [0.05, 0.1) is 11.4 Å². The molecule has 1 N–H and O–H groups in total. The molecule has 0 saturated heterocycles. The van der Waals surface area contributed by atoms with Crippen LogP contribution in [0.2, 0.25) is 0 Å². The Labute approximate surface area is 135 Å². The molecule has 0 radical (unpaired) electrons. The molecule has 0 unspecified atom stereocenters. The Kier molecular flexibility index (Phi) is 4.59. The lowest BCUT2D eigenvalue weighted by Gasteiger charge is -2.05. The van der Waals surface area contributed by atoms with Crippen LogP contribution in [0.5, 0.6) is 0 Å². The summed E-state index contributed by atoms with van der Waals surface area (Å²) in [5, 5.41) is 15.4. The molecule has 3 aromatic rings. The maximum absolute atomic E-state index is 12.2. The van der Waals surface area contributed by atoms with Crippen molar-refractivity contribution in [3.8, 4) is 9.88 Å². The zero-order chi connectivity index (χ0) is 15.4. The molecule has 3 rings (SSSR count). The van der Waals surface area contributed by atoms with Crippen LogP contribution in [-0.2, 0) is 13.1 Å². The van der Waals surface area contributed by atoms with E-state index in [0.717, 1.165) is 28.7 Å². The average Bonchev–Trinajstić information content (AvgIpc) is 3.25. The van der Waals surface area contributed by atoms with Crippen molar-refractivity contribution in [3.63, 3.8) is 0 Å². The lowest BCUT2D eigenvalue weighted by atomic mass is 10.4. The molecule has 0 aliphatic carbocycles. The molecule has 0 fully saturated rings. The first-order valence-corrected chi connectivity index (χ1v) is 8.68. The lowest BCUT2D eigenvalue weighted by Crippen LogP contribution is -2.25. The van der Waals surface area contributed by atoms with E-state index in [2.05, 4.69) is 27.4 Å². The van der Waals surface area contributed by atoms with E-state index in [0.29, 0.717) is 12.2 Å². The fraction of sp³-hybridized carbons (Fsp3) is 0.286. The largest absolute Gasteiger partial charge is 0.343 e. The highest BCUT2D eigenvalue weighted by molar-refractivity contribution is 7.20. The molecule has 0 spiro atoms. The van der Waals surface area contributed by atoms with Gasteiger partial charge in [0.25, 0.3) is 5.91 Å². The van der Waals surface area contributed by atoms with Crippen LogP contribution in [0.4, 0.5) is 0 Å². The van der Waals surface area contributed by atoms with Gasteiger partial charge in [-0.15, -0.1) is 32.9 Å². The van der Waals surface area contributed by atoms with Gasteiger partial charge in [-0.05, 0) is 17.9 Å². The Bertz CT molecular complexity index is 747. The molecular formula is C14H15N5OS2. The smallest absolute Gasteiger partial charge is 0.271 e. The van der Waals surface area contributed by atoms with E-state index < -0.39 is 0 Å². The van der Waals surface area contributed by atoms with Crippen molar-refractivity contribution in [2.45, 2.75) is 26.4 Å². The summed E-state index contributed by atoms with van der Waals surface area (Å²) in [5.74, 6) is 0.564. The predicted molar refractivity (Wildman–Crippen MR) is 86.9 cm³/mol. The quantitative estimate of drug-likeness (QED) is 0.753. The van der Waals surface area contributed by atoms with E-state index in [4.69, 9.17) is 0 Å². The number of rotatable bonds is 6. The molecule has 3 aromatic heterocycles. The maximum atomic E-state index is 12.2. The number of nitrogens with zero attached hydrogens (tertiary/aromatic N) is 4. The molecular weight excluding hydrogens is 318 g/mol. The Morgan fingerprint density at radius 2 is 2.32 bits per heavy atom. The number of aryl methyl sites for hydroxylation is 1. The summed E-state index contributed by atoms with van der Waals surface area (Å²) < 4.78 is 1.94. The number of amides is 1. The molecule has 114 valence electrons. The van der Waals surface area contributed by atoms with Crippen LogP contribution in [0.1, 0.15) is 29.7 Å².